The van der Waals surface area contributed by atoms with Gasteiger partial charge in [0.2, 0.25) is 0 Å². The Bertz CT molecular complexity index is 7.61. The van der Waals surface area contributed by atoms with Crippen LogP contribution in [0.4, 0.5) is 0 Å². The quantitative estimate of drug-likeness (QED) is 0.259. The molecule has 0 N–H and O–H groups in total. The van der Waals surface area contributed by atoms with Crippen molar-refractivity contribution in [3.05, 3.63) is 0 Å². The molecule has 0 aliphatic rings. The zero-order valence-corrected chi connectivity index (χ0v) is 3.52. The fourth-order valence-electron chi connectivity index (χ4n) is 0. The zero-order chi connectivity index (χ0) is 2.71. The second kappa shape index (κ2) is 19.0. The van der Waals surface area contributed by atoms with Crippen LogP contribution in [-0.4, -0.2) is 7.69 Å². The van der Waals surface area contributed by atoms with E-state index in [9.17, 15) is 0 Å². The Hall–Kier alpha value is 1.18. The molecule has 0 unspecified atom stereocenters. The molecule has 0 aliphatic heterocycles. The van der Waals surface area contributed by atoms with Crippen molar-refractivity contribution >= 4 is 7.69 Å². The Kier molecular flexibility index (Phi) is 62.5. The third-order valence-corrected chi connectivity index (χ3v) is 0. The van der Waals surface area contributed by atoms with E-state index >= 15 is 0 Å². The van der Waals surface area contributed by atoms with E-state index < -0.39 is 7.69 Å². The van der Waals surface area contributed by atoms with Crippen LogP contribution < -0.4 is 47.8 Å². The molecule has 0 radical (unpaired) electrons. The minimum absolute atomic E-state index is 0. The maximum Gasteiger partial charge on any atom is 1.00 e. The summed E-state index contributed by atoms with van der Waals surface area (Å²) in [5.74, 6) is 0. The predicted molar refractivity (Wildman–Crippen MR) is 7.15 cm³/mol. The summed E-state index contributed by atoms with van der Waals surface area (Å²) in [5, 5.41) is 16.8. The van der Waals surface area contributed by atoms with Crippen LogP contribution >= 0.6 is 0 Å². The maximum atomic E-state index is 8.38. The number of hydrogen-bond acceptors (Lipinski definition) is 2. The predicted octanol–water partition coefficient (Wildman–Crippen LogP) is -9.02. The molecule has 0 fully saturated rings. The third kappa shape index (κ3) is 37.6. The summed E-state index contributed by atoms with van der Waals surface area (Å²) in [4.78, 5) is 0. The van der Waals surface area contributed by atoms with Crippen LogP contribution in [-0.2, 0) is 0 Å². The van der Waals surface area contributed by atoms with E-state index in [1.54, 1.807) is 0 Å². The van der Waals surface area contributed by atoms with E-state index in [1.807, 2.05) is 0 Å². The summed E-state index contributed by atoms with van der Waals surface area (Å²) in [7, 11) is -1.25. The Morgan fingerprint density at radius 2 is 1.00 bits per heavy atom. The van der Waals surface area contributed by atoms with Gasteiger partial charge in [-0.2, -0.15) is 0 Å². The second-order valence-corrected chi connectivity index (χ2v) is 0.118. The molecule has 18 valence electrons. The fourth-order valence-corrected chi connectivity index (χ4v) is 0. The Labute approximate surface area is 55.6 Å². The fraction of sp³-hybridized carbons (Fsp3) is 0. The first-order chi connectivity index (χ1) is 1.41. The van der Waals surface area contributed by atoms with Gasteiger partial charge < -0.3 is 10.0 Å². The summed E-state index contributed by atoms with van der Waals surface area (Å²) in [6, 6.07) is 0. The Morgan fingerprint density at radius 1 is 1.00 bits per heavy atom. The van der Waals surface area contributed by atoms with Gasteiger partial charge in [0.05, 0.1) is 0 Å². The Morgan fingerprint density at radius 3 is 1.00 bits per heavy atom. The van der Waals surface area contributed by atoms with Gasteiger partial charge in [0.25, 0.3) is 0 Å². The van der Waals surface area contributed by atoms with Gasteiger partial charge in [0, 0.05) is 0 Å². The third-order valence-electron chi connectivity index (χ3n) is 0. The molecule has 0 bridgehead atoms. The average molecular weight is 57.7 g/mol. The molecule has 0 rings (SSSR count). The van der Waals surface area contributed by atoms with E-state index in [-0.39, 0.29) is 37.7 Å². The van der Waals surface area contributed by atoms with Crippen LogP contribution in [0, 0.1) is 0 Å². The van der Waals surface area contributed by atoms with Gasteiger partial charge in [-0.25, -0.2) is 0 Å². The molecule has 0 aliphatic carbocycles. The molecule has 0 spiro atoms. The number of hydrogen-bond donors (Lipinski definition) is 0. The van der Waals surface area contributed by atoms with E-state index in [1.165, 1.54) is 0 Å². The van der Waals surface area contributed by atoms with Gasteiger partial charge in [-0.3, -0.25) is 0 Å². The van der Waals surface area contributed by atoms with Crippen molar-refractivity contribution < 1.29 is 47.8 Å². The van der Waals surface area contributed by atoms with Gasteiger partial charge in [-0.1, -0.05) is 0 Å². The second-order valence-electron chi connectivity index (χ2n) is 0.118. The average Bonchev–Trinajstić information content (AvgIpc) is 0.918. The topological polar surface area (TPSA) is 46.1 Å². The first-order valence-corrected chi connectivity index (χ1v) is 0.577. The van der Waals surface area contributed by atoms with Crippen molar-refractivity contribution in [2.75, 3.05) is 0 Å². The standard InChI is InChI=1S/BHO2.2Li/c2-1-3;;/h1H;;/q-2;2*+1. The normalized spacial score (nSPS) is 2.80. The summed E-state index contributed by atoms with van der Waals surface area (Å²) in [6.45, 7) is 0. The monoisotopic (exact) mass is 58.0 g/mol. The summed E-state index contributed by atoms with van der Waals surface area (Å²) in [6.07, 6.45) is 0. The van der Waals surface area contributed by atoms with Crippen LogP contribution in [0.3, 0.4) is 0 Å². The maximum absolute atomic E-state index is 8.38. The van der Waals surface area contributed by atoms with Crippen molar-refractivity contribution in [2.24, 2.45) is 0 Å². The molecule has 0 saturated heterocycles. The van der Waals surface area contributed by atoms with Crippen LogP contribution in [0.25, 0.3) is 0 Å². The molecule has 0 aromatic heterocycles. The molecule has 0 atom stereocenters. The number of rotatable bonds is 0. The van der Waals surface area contributed by atoms with E-state index in [0.717, 1.165) is 0 Å². The van der Waals surface area contributed by atoms with E-state index in [2.05, 4.69) is 0 Å². The van der Waals surface area contributed by atoms with Gasteiger partial charge in [-0.15, -0.1) is 7.69 Å². The van der Waals surface area contributed by atoms with Gasteiger partial charge >= 0.3 is 37.7 Å². The SMILES string of the molecule is [Li+].[Li+].[O-]B[O-]. The van der Waals surface area contributed by atoms with Gasteiger partial charge in [-0.05, 0) is 0 Å². The van der Waals surface area contributed by atoms with Crippen molar-refractivity contribution in [3.63, 3.8) is 0 Å². The van der Waals surface area contributed by atoms with Gasteiger partial charge in [0.15, 0.2) is 0 Å². The molecular formula is HBLi2O2. The largest absolute Gasteiger partial charge is 1.00 e. The molecule has 0 heterocycles. The van der Waals surface area contributed by atoms with Crippen LogP contribution in [0.15, 0.2) is 0 Å². The van der Waals surface area contributed by atoms with Crippen LogP contribution in [0.1, 0.15) is 0 Å². The molecule has 0 amide bonds. The van der Waals surface area contributed by atoms with Gasteiger partial charge in [0.1, 0.15) is 0 Å². The van der Waals surface area contributed by atoms with E-state index in [0.29, 0.717) is 0 Å². The van der Waals surface area contributed by atoms with Crippen molar-refractivity contribution in [1.82, 2.24) is 0 Å². The van der Waals surface area contributed by atoms with E-state index in [4.69, 9.17) is 10.0 Å². The summed E-state index contributed by atoms with van der Waals surface area (Å²) < 4.78 is 0. The molecule has 0 aromatic rings. The molecular weight excluding hydrogens is 56.7 g/mol. The Balaban J connectivity index is -0.0000000200. The van der Waals surface area contributed by atoms with Crippen molar-refractivity contribution in [2.45, 2.75) is 0 Å². The van der Waals surface area contributed by atoms with Crippen LogP contribution in [0.2, 0.25) is 0 Å². The molecule has 5 heavy (non-hydrogen) atoms. The minimum atomic E-state index is -1.25. The first-order valence-electron chi connectivity index (χ1n) is 0.577. The summed E-state index contributed by atoms with van der Waals surface area (Å²) >= 11 is 0. The van der Waals surface area contributed by atoms with Crippen LogP contribution in [0.5, 0.6) is 0 Å². The molecule has 0 saturated carbocycles. The molecule has 5 heteroatoms. The first kappa shape index (κ1) is 16.4. The summed E-state index contributed by atoms with van der Waals surface area (Å²) in [5.41, 5.74) is 0. The van der Waals surface area contributed by atoms with Crippen molar-refractivity contribution in [1.29, 1.82) is 0 Å². The minimum Gasteiger partial charge on any atom is -0.896 e. The smallest absolute Gasteiger partial charge is 0.896 e. The zero-order valence-electron chi connectivity index (χ0n) is 3.52. The van der Waals surface area contributed by atoms with Crippen molar-refractivity contribution in [3.8, 4) is 0 Å². The molecule has 2 nitrogen and oxygen atoms in total. The molecule has 0 aromatic carbocycles.